The van der Waals surface area contributed by atoms with Crippen LogP contribution in [0, 0.1) is 0 Å². The summed E-state index contributed by atoms with van der Waals surface area (Å²) in [6, 6.07) is 63.1. The maximum absolute atomic E-state index is 6.15. The normalized spacial score (nSPS) is 14.5. The highest BCUT2D eigenvalue weighted by Crippen LogP contribution is 2.41. The van der Waals surface area contributed by atoms with Crippen LogP contribution in [0.2, 0.25) is 0 Å². The number of aromatic nitrogens is 3. The molecule has 11 aromatic rings. The summed E-state index contributed by atoms with van der Waals surface area (Å²) in [6.07, 6.45) is -0.327. The maximum Gasteiger partial charge on any atom is 0.234 e. The highest BCUT2D eigenvalue weighted by atomic mass is 16.3. The van der Waals surface area contributed by atoms with Gasteiger partial charge in [-0.1, -0.05) is 127 Å². The van der Waals surface area contributed by atoms with Gasteiger partial charge in [-0.25, -0.2) is 9.98 Å². The summed E-state index contributed by atoms with van der Waals surface area (Å²) in [5.41, 5.74) is 9.96. The van der Waals surface area contributed by atoms with Gasteiger partial charge in [0.15, 0.2) is 0 Å². The monoisotopic (exact) mass is 732 g/mol. The fourth-order valence-corrected chi connectivity index (χ4v) is 8.64. The third-order valence-corrected chi connectivity index (χ3v) is 11.2. The van der Waals surface area contributed by atoms with Crippen molar-refractivity contribution in [2.45, 2.75) is 6.17 Å². The minimum absolute atomic E-state index is 0.327. The van der Waals surface area contributed by atoms with Crippen molar-refractivity contribution in [1.82, 2.24) is 19.4 Å². The van der Waals surface area contributed by atoms with E-state index in [0.29, 0.717) is 5.96 Å². The number of para-hydroxylation sites is 3. The molecule has 0 saturated heterocycles. The second-order valence-electron chi connectivity index (χ2n) is 14.5. The van der Waals surface area contributed by atoms with Crippen LogP contribution < -0.4 is 5.32 Å². The predicted octanol–water partition coefficient (Wildman–Crippen LogP) is 11.8. The minimum atomic E-state index is -0.327. The van der Waals surface area contributed by atoms with E-state index in [1.807, 2.05) is 36.4 Å². The lowest BCUT2D eigenvalue weighted by atomic mass is 10.1. The second-order valence-corrected chi connectivity index (χ2v) is 14.5. The number of nitrogens with one attached hydrogen (secondary N) is 1. The molecule has 57 heavy (non-hydrogen) atoms. The van der Waals surface area contributed by atoms with Gasteiger partial charge < -0.3 is 9.73 Å². The van der Waals surface area contributed by atoms with Crippen molar-refractivity contribution in [2.75, 3.05) is 0 Å². The fourth-order valence-electron chi connectivity index (χ4n) is 8.64. The van der Waals surface area contributed by atoms with Crippen LogP contribution in [0.25, 0.3) is 82.6 Å². The predicted molar refractivity (Wildman–Crippen MR) is 232 cm³/mol. The van der Waals surface area contributed by atoms with Gasteiger partial charge in [-0.2, -0.15) is 4.99 Å². The van der Waals surface area contributed by atoms with E-state index in [2.05, 4.69) is 160 Å². The SMILES string of the molecule is c1ccc(C2=NC(n3c4ccccc4c4c3ccc3c5ccccc5n(-c5cccc(-c6ccc7oc8ccccc8c7c6)n5)c34)=NC(c3ccccc3)N2)cc1. The number of hydrogen-bond acceptors (Lipinski definition) is 5. The van der Waals surface area contributed by atoms with Crippen molar-refractivity contribution in [2.24, 2.45) is 9.98 Å². The molecule has 0 saturated carbocycles. The Morgan fingerprint density at radius 1 is 0.491 bits per heavy atom. The Morgan fingerprint density at radius 3 is 2.04 bits per heavy atom. The average molecular weight is 733 g/mol. The first-order valence-corrected chi connectivity index (χ1v) is 19.1. The molecule has 0 amide bonds. The first kappa shape index (κ1) is 31.6. The molecule has 1 unspecified atom stereocenters. The molecule has 7 heteroatoms. The average Bonchev–Trinajstić information content (AvgIpc) is 3.94. The minimum Gasteiger partial charge on any atom is -0.456 e. The molecule has 268 valence electrons. The van der Waals surface area contributed by atoms with E-state index in [1.54, 1.807) is 0 Å². The number of hydrogen-bond donors (Lipinski definition) is 1. The van der Waals surface area contributed by atoms with E-state index < -0.39 is 0 Å². The Hall–Kier alpha value is -7.77. The van der Waals surface area contributed by atoms with Gasteiger partial charge in [0.05, 0.1) is 27.8 Å². The number of rotatable bonds is 4. The third kappa shape index (κ3) is 4.89. The Morgan fingerprint density at radius 2 is 1.19 bits per heavy atom. The summed E-state index contributed by atoms with van der Waals surface area (Å²) < 4.78 is 10.7. The van der Waals surface area contributed by atoms with Gasteiger partial charge in [0, 0.05) is 43.4 Å². The van der Waals surface area contributed by atoms with Crippen LogP contribution >= 0.6 is 0 Å². The Bertz CT molecular complexity index is 3440. The molecule has 4 aromatic heterocycles. The zero-order chi connectivity index (χ0) is 37.5. The summed E-state index contributed by atoms with van der Waals surface area (Å²) in [6.45, 7) is 0. The van der Waals surface area contributed by atoms with Crippen molar-refractivity contribution in [1.29, 1.82) is 0 Å². The Balaban J connectivity index is 1.11. The summed E-state index contributed by atoms with van der Waals surface area (Å²) in [5, 5.41) is 10.3. The first-order valence-electron chi connectivity index (χ1n) is 19.1. The molecule has 12 rings (SSSR count). The van der Waals surface area contributed by atoms with Crippen LogP contribution in [0.3, 0.4) is 0 Å². The van der Waals surface area contributed by atoms with E-state index >= 15 is 0 Å². The van der Waals surface area contributed by atoms with Crippen molar-refractivity contribution in [3.8, 4) is 17.1 Å². The van der Waals surface area contributed by atoms with E-state index in [0.717, 1.165) is 99.6 Å². The van der Waals surface area contributed by atoms with Crippen molar-refractivity contribution in [3.63, 3.8) is 0 Å². The standard InChI is InChI=1S/C50H32N6O/c1-3-14-31(15-4-1)48-52-49(32-16-5-2-6-17-32)54-50(53-48)55-41-23-11-8-20-37(41)46-42(55)28-27-36-34-18-7-10-22-40(34)56(47(36)46)45-25-13-21-39(51-45)33-26-29-44-38(30-33)35-19-9-12-24-43(35)57-44/h1-30,48H,(H,52,53,54). The van der Waals surface area contributed by atoms with Crippen LogP contribution in [0.1, 0.15) is 17.3 Å². The quantitative estimate of drug-likeness (QED) is 0.196. The molecule has 0 fully saturated rings. The molecule has 1 N–H and O–H groups in total. The van der Waals surface area contributed by atoms with Crippen LogP contribution in [-0.2, 0) is 0 Å². The molecule has 5 heterocycles. The van der Waals surface area contributed by atoms with E-state index in [1.165, 1.54) is 0 Å². The second kappa shape index (κ2) is 12.4. The largest absolute Gasteiger partial charge is 0.456 e. The number of benzene rings is 7. The number of aliphatic imine (C=N–C) groups is 2. The van der Waals surface area contributed by atoms with Crippen LogP contribution in [0.4, 0.5) is 0 Å². The molecule has 1 aliphatic heterocycles. The smallest absolute Gasteiger partial charge is 0.234 e. The van der Waals surface area contributed by atoms with Crippen LogP contribution in [0.15, 0.2) is 196 Å². The van der Waals surface area contributed by atoms with Gasteiger partial charge in [0.2, 0.25) is 5.96 Å². The lowest BCUT2D eigenvalue weighted by Crippen LogP contribution is -2.35. The highest BCUT2D eigenvalue weighted by Gasteiger charge is 2.26. The fraction of sp³-hybridized carbons (Fsp3) is 0.0200. The molecule has 7 nitrogen and oxygen atoms in total. The van der Waals surface area contributed by atoms with Crippen LogP contribution in [0.5, 0.6) is 0 Å². The summed E-state index contributed by atoms with van der Waals surface area (Å²) in [4.78, 5) is 16.0. The number of pyridine rings is 1. The van der Waals surface area contributed by atoms with Crippen molar-refractivity contribution >= 4 is 77.3 Å². The molecule has 1 atom stereocenters. The molecule has 0 bridgehead atoms. The number of amidine groups is 1. The summed E-state index contributed by atoms with van der Waals surface area (Å²) in [5.74, 6) is 2.24. The Kier molecular flexibility index (Phi) is 6.85. The van der Waals surface area contributed by atoms with E-state index in [9.17, 15) is 0 Å². The first-order chi connectivity index (χ1) is 28.3. The highest BCUT2D eigenvalue weighted by molar-refractivity contribution is 6.28. The molecule has 0 spiro atoms. The molecule has 1 aliphatic rings. The van der Waals surface area contributed by atoms with Gasteiger partial charge in [-0.15, -0.1) is 0 Å². The van der Waals surface area contributed by atoms with E-state index in [4.69, 9.17) is 19.4 Å². The topological polar surface area (TPSA) is 72.6 Å². The summed E-state index contributed by atoms with van der Waals surface area (Å²) >= 11 is 0. The van der Waals surface area contributed by atoms with E-state index in [-0.39, 0.29) is 6.17 Å². The van der Waals surface area contributed by atoms with Crippen molar-refractivity contribution in [3.05, 3.63) is 193 Å². The van der Waals surface area contributed by atoms with Gasteiger partial charge >= 0.3 is 0 Å². The maximum atomic E-state index is 6.15. The molecular formula is C50H32N6O. The van der Waals surface area contributed by atoms with Gasteiger partial charge in [0.25, 0.3) is 0 Å². The number of furan rings is 1. The molecule has 0 radical (unpaired) electrons. The third-order valence-electron chi connectivity index (χ3n) is 11.2. The number of fused-ring (bicyclic) bond motifs is 10. The van der Waals surface area contributed by atoms with Gasteiger partial charge in [0.1, 0.15) is 29.0 Å². The van der Waals surface area contributed by atoms with Gasteiger partial charge in [-0.05, 0) is 60.2 Å². The molecular weight excluding hydrogens is 701 g/mol. The lowest BCUT2D eigenvalue weighted by Gasteiger charge is -2.24. The zero-order valence-corrected chi connectivity index (χ0v) is 30.5. The van der Waals surface area contributed by atoms with Crippen molar-refractivity contribution < 1.29 is 4.42 Å². The zero-order valence-electron chi connectivity index (χ0n) is 30.5. The molecule has 7 aromatic carbocycles. The lowest BCUT2D eigenvalue weighted by molar-refractivity contribution is 0.668. The summed E-state index contributed by atoms with van der Waals surface area (Å²) in [7, 11) is 0. The van der Waals surface area contributed by atoms with Crippen LogP contribution in [-0.4, -0.2) is 25.9 Å². The number of nitrogens with zero attached hydrogens (tertiary/aromatic N) is 5. The Labute approximate surface area is 326 Å². The van der Waals surface area contributed by atoms with Gasteiger partial charge in [-0.3, -0.25) is 9.13 Å². The molecule has 0 aliphatic carbocycles.